The van der Waals surface area contributed by atoms with E-state index in [1.54, 1.807) is 11.8 Å². The second-order valence-electron chi connectivity index (χ2n) is 4.65. The van der Waals surface area contributed by atoms with Crippen LogP contribution in [-0.2, 0) is 6.42 Å². The van der Waals surface area contributed by atoms with Gasteiger partial charge in [-0.25, -0.2) is 0 Å². The zero-order valence-electron chi connectivity index (χ0n) is 11.1. The third-order valence-corrected chi connectivity index (χ3v) is 3.71. The molecular weight excluding hydrogens is 228 g/mol. The highest BCUT2D eigenvalue weighted by Crippen LogP contribution is 2.17. The first kappa shape index (κ1) is 14.6. The van der Waals surface area contributed by atoms with E-state index in [0.717, 1.165) is 13.0 Å². The smallest absolute Gasteiger partial charge is 0.0131 e. The number of rotatable bonds is 7. The molecule has 0 spiro atoms. The number of hydrogen-bond donors (Lipinski definition) is 2. The Morgan fingerprint density at radius 1 is 1.24 bits per heavy atom. The number of nitrogens with two attached hydrogens (primary N) is 1. The Hall–Kier alpha value is -0.510. The van der Waals surface area contributed by atoms with Gasteiger partial charge in [-0.1, -0.05) is 26.0 Å². The van der Waals surface area contributed by atoms with Gasteiger partial charge in [0.05, 0.1) is 0 Å². The normalized spacial score (nSPS) is 13.0. The summed E-state index contributed by atoms with van der Waals surface area (Å²) in [5.74, 6) is 0.627. The van der Waals surface area contributed by atoms with Crippen LogP contribution in [-0.4, -0.2) is 25.4 Å². The lowest BCUT2D eigenvalue weighted by Crippen LogP contribution is -2.38. The van der Waals surface area contributed by atoms with Crippen LogP contribution in [0.2, 0.25) is 0 Å². The third kappa shape index (κ3) is 5.11. The van der Waals surface area contributed by atoms with E-state index in [0.29, 0.717) is 18.5 Å². The first-order valence-corrected chi connectivity index (χ1v) is 7.46. The third-order valence-electron chi connectivity index (χ3n) is 2.97. The summed E-state index contributed by atoms with van der Waals surface area (Å²) in [7, 11) is 0. The van der Waals surface area contributed by atoms with Gasteiger partial charge in [0.25, 0.3) is 0 Å². The number of nitrogens with one attached hydrogen (secondary N) is 1. The molecule has 96 valence electrons. The molecular formula is C14H24N2S. The molecule has 0 amide bonds. The van der Waals surface area contributed by atoms with E-state index in [4.69, 9.17) is 5.73 Å². The lowest BCUT2D eigenvalue weighted by atomic mass is 9.96. The Labute approximate surface area is 109 Å². The van der Waals surface area contributed by atoms with E-state index >= 15 is 0 Å². The molecule has 2 nitrogen and oxygen atoms in total. The van der Waals surface area contributed by atoms with Crippen molar-refractivity contribution >= 4 is 11.8 Å². The minimum Gasteiger partial charge on any atom is -0.329 e. The zero-order valence-corrected chi connectivity index (χ0v) is 11.9. The molecule has 0 aliphatic carbocycles. The maximum Gasteiger partial charge on any atom is 0.0131 e. The summed E-state index contributed by atoms with van der Waals surface area (Å²) in [6.45, 7) is 6.11. The molecule has 0 aromatic heterocycles. The molecule has 1 unspecified atom stereocenters. The van der Waals surface area contributed by atoms with Crippen LogP contribution in [0.15, 0.2) is 29.2 Å². The fraction of sp³-hybridized carbons (Fsp3) is 0.571. The van der Waals surface area contributed by atoms with Crippen LogP contribution in [0.4, 0.5) is 0 Å². The molecule has 17 heavy (non-hydrogen) atoms. The highest BCUT2D eigenvalue weighted by atomic mass is 32.2. The van der Waals surface area contributed by atoms with Crippen LogP contribution in [0.1, 0.15) is 19.4 Å². The molecule has 3 heteroatoms. The largest absolute Gasteiger partial charge is 0.329 e. The van der Waals surface area contributed by atoms with Crippen LogP contribution in [0.5, 0.6) is 0 Å². The topological polar surface area (TPSA) is 38.0 Å². The average molecular weight is 252 g/mol. The van der Waals surface area contributed by atoms with E-state index in [1.807, 2.05) is 0 Å². The van der Waals surface area contributed by atoms with Crippen molar-refractivity contribution in [3.05, 3.63) is 29.8 Å². The van der Waals surface area contributed by atoms with Gasteiger partial charge in [0.1, 0.15) is 0 Å². The molecule has 1 atom stereocenters. The van der Waals surface area contributed by atoms with E-state index in [9.17, 15) is 0 Å². The van der Waals surface area contributed by atoms with Gasteiger partial charge in [-0.05, 0) is 36.3 Å². The van der Waals surface area contributed by atoms with Gasteiger partial charge in [-0.15, -0.1) is 11.8 Å². The maximum atomic E-state index is 5.54. The number of thioether (sulfide) groups is 1. The highest BCUT2D eigenvalue weighted by Gasteiger charge is 2.12. The highest BCUT2D eigenvalue weighted by molar-refractivity contribution is 7.98. The van der Waals surface area contributed by atoms with Crippen molar-refractivity contribution < 1.29 is 0 Å². The number of hydrogen-bond acceptors (Lipinski definition) is 3. The average Bonchev–Trinajstić information content (AvgIpc) is 2.35. The monoisotopic (exact) mass is 252 g/mol. The molecule has 0 saturated heterocycles. The first-order chi connectivity index (χ1) is 8.17. The summed E-state index contributed by atoms with van der Waals surface area (Å²) in [6, 6.07) is 9.36. The molecule has 1 aromatic rings. The second-order valence-corrected chi connectivity index (χ2v) is 5.53. The molecule has 0 fully saturated rings. The van der Waals surface area contributed by atoms with Crippen molar-refractivity contribution in [2.45, 2.75) is 31.2 Å². The van der Waals surface area contributed by atoms with Gasteiger partial charge < -0.3 is 11.1 Å². The van der Waals surface area contributed by atoms with Crippen LogP contribution >= 0.6 is 11.8 Å². The molecule has 1 rings (SSSR count). The van der Waals surface area contributed by atoms with Crippen LogP contribution in [0, 0.1) is 5.92 Å². The molecule has 3 N–H and O–H groups in total. The minimum absolute atomic E-state index is 0.513. The SMILES string of the molecule is CSc1ccc(CC(NCCN)C(C)C)cc1. The quantitative estimate of drug-likeness (QED) is 0.732. The minimum atomic E-state index is 0.513. The molecule has 0 aliphatic heterocycles. The fourth-order valence-electron chi connectivity index (χ4n) is 1.83. The second kappa shape index (κ2) is 7.75. The lowest BCUT2D eigenvalue weighted by Gasteiger charge is -2.22. The Kier molecular flexibility index (Phi) is 6.63. The summed E-state index contributed by atoms with van der Waals surface area (Å²) < 4.78 is 0. The summed E-state index contributed by atoms with van der Waals surface area (Å²) in [6.07, 6.45) is 3.18. The Balaban J connectivity index is 2.58. The van der Waals surface area contributed by atoms with Crippen LogP contribution in [0.25, 0.3) is 0 Å². The van der Waals surface area contributed by atoms with E-state index in [2.05, 4.69) is 49.7 Å². The van der Waals surface area contributed by atoms with Crippen molar-refractivity contribution in [3.8, 4) is 0 Å². The van der Waals surface area contributed by atoms with Crippen molar-refractivity contribution in [2.24, 2.45) is 11.7 Å². The fourth-order valence-corrected chi connectivity index (χ4v) is 2.24. The molecule has 0 aliphatic rings. The van der Waals surface area contributed by atoms with Gasteiger partial charge in [0, 0.05) is 24.0 Å². The Morgan fingerprint density at radius 3 is 2.35 bits per heavy atom. The van der Waals surface area contributed by atoms with Crippen LogP contribution in [0.3, 0.4) is 0 Å². The van der Waals surface area contributed by atoms with Crippen molar-refractivity contribution in [1.82, 2.24) is 5.32 Å². The van der Waals surface area contributed by atoms with Crippen LogP contribution < -0.4 is 11.1 Å². The Morgan fingerprint density at radius 2 is 1.88 bits per heavy atom. The summed E-state index contributed by atoms with van der Waals surface area (Å²) in [5.41, 5.74) is 6.94. The zero-order chi connectivity index (χ0) is 12.7. The van der Waals surface area contributed by atoms with E-state index in [-0.39, 0.29) is 0 Å². The van der Waals surface area contributed by atoms with Gasteiger partial charge in [-0.2, -0.15) is 0 Å². The first-order valence-electron chi connectivity index (χ1n) is 6.23. The van der Waals surface area contributed by atoms with E-state index < -0.39 is 0 Å². The molecule has 0 saturated carbocycles. The van der Waals surface area contributed by atoms with Gasteiger partial charge >= 0.3 is 0 Å². The summed E-state index contributed by atoms with van der Waals surface area (Å²) in [5, 5.41) is 3.52. The molecule has 0 heterocycles. The number of benzene rings is 1. The predicted octanol–water partition coefficient (Wildman–Crippen LogP) is 2.52. The van der Waals surface area contributed by atoms with Crippen molar-refractivity contribution in [1.29, 1.82) is 0 Å². The van der Waals surface area contributed by atoms with Crippen molar-refractivity contribution in [2.75, 3.05) is 19.3 Å². The van der Waals surface area contributed by atoms with Gasteiger partial charge in [0.15, 0.2) is 0 Å². The lowest BCUT2D eigenvalue weighted by molar-refractivity contribution is 0.401. The van der Waals surface area contributed by atoms with Gasteiger partial charge in [-0.3, -0.25) is 0 Å². The van der Waals surface area contributed by atoms with E-state index in [1.165, 1.54) is 10.5 Å². The maximum absolute atomic E-state index is 5.54. The molecule has 0 bridgehead atoms. The van der Waals surface area contributed by atoms with Crippen molar-refractivity contribution in [3.63, 3.8) is 0 Å². The summed E-state index contributed by atoms with van der Waals surface area (Å²) >= 11 is 1.78. The predicted molar refractivity (Wildman–Crippen MR) is 77.6 cm³/mol. The van der Waals surface area contributed by atoms with Gasteiger partial charge in [0.2, 0.25) is 0 Å². The summed E-state index contributed by atoms with van der Waals surface area (Å²) in [4.78, 5) is 1.32. The Bertz CT molecular complexity index is 309. The standard InChI is InChI=1S/C14H24N2S/c1-11(2)14(16-9-8-15)10-12-4-6-13(17-3)7-5-12/h4-7,11,14,16H,8-10,15H2,1-3H3. The molecule has 1 aromatic carbocycles. The molecule has 0 radical (unpaired) electrons.